The molecule has 0 aliphatic rings. The second-order valence-corrected chi connectivity index (χ2v) is 4.31. The van der Waals surface area contributed by atoms with E-state index in [9.17, 15) is 18.0 Å². The number of carbonyl (C=O) groups excluding carboxylic acids is 1. The second-order valence-electron chi connectivity index (χ2n) is 4.31. The highest BCUT2D eigenvalue weighted by Gasteiger charge is 2.28. The monoisotopic (exact) mass is 269 g/mol. The van der Waals surface area contributed by atoms with Crippen LogP contribution >= 0.6 is 0 Å². The van der Waals surface area contributed by atoms with Crippen molar-refractivity contribution in [1.82, 2.24) is 4.90 Å². The number of alkyl halides is 3. The van der Waals surface area contributed by atoms with Crippen LogP contribution in [0.3, 0.4) is 0 Å². The summed E-state index contributed by atoms with van der Waals surface area (Å²) in [6.45, 7) is 4.51. The van der Waals surface area contributed by atoms with Gasteiger partial charge in [-0.15, -0.1) is 0 Å². The summed E-state index contributed by atoms with van der Waals surface area (Å²) in [5, 5.41) is 0. The van der Waals surface area contributed by atoms with Crippen LogP contribution in [0.4, 0.5) is 13.2 Å². The smallest absolute Gasteiger partial charge is 0.362 e. The normalized spacial score (nSPS) is 13.4. The molecular formula is C12H22F3NO2. The molecule has 108 valence electrons. The molecule has 0 N–H and O–H groups in total. The van der Waals surface area contributed by atoms with Crippen molar-refractivity contribution < 1.29 is 22.7 Å². The Bertz CT molecular complexity index is 244. The van der Waals surface area contributed by atoms with Crippen molar-refractivity contribution in [3.63, 3.8) is 0 Å². The SMILES string of the molecule is CCCCN(C(=O)COCC(F)(F)F)C(C)CC. The number of rotatable bonds is 8. The van der Waals surface area contributed by atoms with Gasteiger partial charge in [-0.1, -0.05) is 20.3 Å². The van der Waals surface area contributed by atoms with Gasteiger partial charge in [-0.2, -0.15) is 13.2 Å². The Kier molecular flexibility index (Phi) is 7.98. The maximum Gasteiger partial charge on any atom is 0.411 e. The summed E-state index contributed by atoms with van der Waals surface area (Å²) in [7, 11) is 0. The van der Waals surface area contributed by atoms with Gasteiger partial charge in [0.1, 0.15) is 13.2 Å². The summed E-state index contributed by atoms with van der Waals surface area (Å²) < 4.78 is 40.1. The maximum absolute atomic E-state index is 11.9. The molecule has 3 nitrogen and oxygen atoms in total. The quantitative estimate of drug-likeness (QED) is 0.678. The van der Waals surface area contributed by atoms with E-state index in [1.54, 1.807) is 4.90 Å². The zero-order valence-electron chi connectivity index (χ0n) is 11.2. The molecule has 0 aromatic heterocycles. The Balaban J connectivity index is 4.20. The third kappa shape index (κ3) is 7.53. The Morgan fingerprint density at radius 3 is 2.39 bits per heavy atom. The Hall–Kier alpha value is -0.780. The molecule has 0 aliphatic heterocycles. The average molecular weight is 269 g/mol. The number of carbonyl (C=O) groups is 1. The first-order chi connectivity index (χ1) is 8.31. The van der Waals surface area contributed by atoms with Crippen LogP contribution in [0.15, 0.2) is 0 Å². The van der Waals surface area contributed by atoms with Crippen molar-refractivity contribution in [2.45, 2.75) is 52.3 Å². The van der Waals surface area contributed by atoms with E-state index in [1.165, 1.54) is 0 Å². The lowest BCUT2D eigenvalue weighted by atomic mass is 10.2. The molecule has 0 saturated heterocycles. The molecule has 0 aromatic carbocycles. The van der Waals surface area contributed by atoms with Gasteiger partial charge >= 0.3 is 6.18 Å². The number of ether oxygens (including phenoxy) is 1. The standard InChI is InChI=1S/C12H22F3NO2/c1-4-6-7-16(10(3)5-2)11(17)8-18-9-12(13,14)15/h10H,4-9H2,1-3H3. The summed E-state index contributed by atoms with van der Waals surface area (Å²) in [6, 6.07) is 0.0264. The van der Waals surface area contributed by atoms with Crippen LogP contribution in [0.5, 0.6) is 0 Å². The predicted octanol–water partition coefficient (Wildman–Crippen LogP) is 2.99. The van der Waals surface area contributed by atoms with Gasteiger partial charge in [-0.05, 0) is 19.8 Å². The fraction of sp³-hybridized carbons (Fsp3) is 0.917. The lowest BCUT2D eigenvalue weighted by Crippen LogP contribution is -2.41. The molecule has 1 atom stereocenters. The van der Waals surface area contributed by atoms with E-state index in [-0.39, 0.29) is 11.9 Å². The highest BCUT2D eigenvalue weighted by atomic mass is 19.4. The van der Waals surface area contributed by atoms with E-state index >= 15 is 0 Å². The molecule has 0 radical (unpaired) electrons. The lowest BCUT2D eigenvalue weighted by Gasteiger charge is -2.28. The van der Waals surface area contributed by atoms with Crippen LogP contribution in [-0.2, 0) is 9.53 Å². The Morgan fingerprint density at radius 1 is 1.33 bits per heavy atom. The maximum atomic E-state index is 11.9. The molecular weight excluding hydrogens is 247 g/mol. The van der Waals surface area contributed by atoms with Crippen LogP contribution in [0.1, 0.15) is 40.0 Å². The number of amides is 1. The second kappa shape index (κ2) is 8.34. The van der Waals surface area contributed by atoms with Crippen molar-refractivity contribution in [3.05, 3.63) is 0 Å². The van der Waals surface area contributed by atoms with Gasteiger partial charge in [0.25, 0.3) is 0 Å². The van der Waals surface area contributed by atoms with Gasteiger partial charge in [-0.3, -0.25) is 4.79 Å². The van der Waals surface area contributed by atoms with Gasteiger partial charge in [0, 0.05) is 12.6 Å². The van der Waals surface area contributed by atoms with Crippen molar-refractivity contribution >= 4 is 5.91 Å². The van der Waals surface area contributed by atoms with Crippen LogP contribution < -0.4 is 0 Å². The van der Waals surface area contributed by atoms with E-state index in [4.69, 9.17) is 0 Å². The van der Waals surface area contributed by atoms with Gasteiger partial charge < -0.3 is 9.64 Å². The summed E-state index contributed by atoms with van der Waals surface area (Å²) in [5.74, 6) is -0.373. The molecule has 6 heteroatoms. The van der Waals surface area contributed by atoms with E-state index in [2.05, 4.69) is 4.74 Å². The molecule has 0 aliphatic carbocycles. The predicted molar refractivity (Wildman–Crippen MR) is 63.2 cm³/mol. The van der Waals surface area contributed by atoms with E-state index in [0.29, 0.717) is 6.54 Å². The summed E-state index contributed by atoms with van der Waals surface area (Å²) in [6.07, 6.45) is -1.83. The topological polar surface area (TPSA) is 29.5 Å². The first-order valence-electron chi connectivity index (χ1n) is 6.25. The first kappa shape index (κ1) is 17.2. The van der Waals surface area contributed by atoms with Crippen molar-refractivity contribution in [2.75, 3.05) is 19.8 Å². The Labute approximate surface area is 106 Å². The number of hydrogen-bond acceptors (Lipinski definition) is 2. The van der Waals surface area contributed by atoms with E-state index < -0.39 is 19.4 Å². The van der Waals surface area contributed by atoms with Gasteiger partial charge in [0.15, 0.2) is 0 Å². The van der Waals surface area contributed by atoms with Crippen LogP contribution in [0, 0.1) is 0 Å². The number of unbranched alkanes of at least 4 members (excludes halogenated alkanes) is 1. The minimum absolute atomic E-state index is 0.0264. The highest BCUT2D eigenvalue weighted by molar-refractivity contribution is 5.77. The minimum Gasteiger partial charge on any atom is -0.362 e. The molecule has 1 unspecified atom stereocenters. The molecule has 1 amide bonds. The third-order valence-corrected chi connectivity index (χ3v) is 2.69. The van der Waals surface area contributed by atoms with E-state index in [1.807, 2.05) is 20.8 Å². The summed E-state index contributed by atoms with van der Waals surface area (Å²) >= 11 is 0. The van der Waals surface area contributed by atoms with Crippen LogP contribution in [-0.4, -0.2) is 42.8 Å². The fourth-order valence-corrected chi connectivity index (χ4v) is 1.48. The largest absolute Gasteiger partial charge is 0.411 e. The fourth-order valence-electron chi connectivity index (χ4n) is 1.48. The molecule has 0 aromatic rings. The van der Waals surface area contributed by atoms with Crippen molar-refractivity contribution in [1.29, 1.82) is 0 Å². The molecule has 0 bridgehead atoms. The summed E-state index contributed by atoms with van der Waals surface area (Å²) in [5.41, 5.74) is 0. The van der Waals surface area contributed by atoms with Crippen LogP contribution in [0.2, 0.25) is 0 Å². The zero-order valence-corrected chi connectivity index (χ0v) is 11.2. The Morgan fingerprint density at radius 2 is 1.94 bits per heavy atom. The van der Waals surface area contributed by atoms with Gasteiger partial charge in [-0.25, -0.2) is 0 Å². The van der Waals surface area contributed by atoms with Gasteiger partial charge in [0.2, 0.25) is 5.91 Å². The highest BCUT2D eigenvalue weighted by Crippen LogP contribution is 2.14. The number of nitrogens with zero attached hydrogens (tertiary/aromatic N) is 1. The van der Waals surface area contributed by atoms with Gasteiger partial charge in [0.05, 0.1) is 0 Å². The molecule has 0 saturated carbocycles. The lowest BCUT2D eigenvalue weighted by molar-refractivity contribution is -0.178. The number of hydrogen-bond donors (Lipinski definition) is 0. The molecule has 0 fully saturated rings. The molecule has 18 heavy (non-hydrogen) atoms. The average Bonchev–Trinajstić information content (AvgIpc) is 2.27. The molecule has 0 heterocycles. The minimum atomic E-state index is -4.38. The van der Waals surface area contributed by atoms with Crippen molar-refractivity contribution in [2.24, 2.45) is 0 Å². The van der Waals surface area contributed by atoms with E-state index in [0.717, 1.165) is 19.3 Å². The third-order valence-electron chi connectivity index (χ3n) is 2.69. The molecule has 0 spiro atoms. The zero-order chi connectivity index (χ0) is 14.2. The van der Waals surface area contributed by atoms with Crippen molar-refractivity contribution in [3.8, 4) is 0 Å². The first-order valence-corrected chi connectivity index (χ1v) is 6.25. The van der Waals surface area contributed by atoms with Crippen LogP contribution in [0.25, 0.3) is 0 Å². The molecule has 0 rings (SSSR count). The number of halogens is 3. The summed E-state index contributed by atoms with van der Waals surface area (Å²) in [4.78, 5) is 13.4.